The molecule has 1 fully saturated rings. The number of nitrogens with one attached hydrogen (secondary N) is 1. The van der Waals surface area contributed by atoms with Crippen molar-refractivity contribution in [1.82, 2.24) is 14.8 Å². The van der Waals surface area contributed by atoms with Crippen LogP contribution in [0.4, 0.5) is 0 Å². The molecule has 0 aliphatic carbocycles. The lowest BCUT2D eigenvalue weighted by molar-refractivity contribution is -0.132. The predicted octanol–water partition coefficient (Wildman–Crippen LogP) is 1.02. The van der Waals surface area contributed by atoms with E-state index in [0.29, 0.717) is 35.6 Å². The van der Waals surface area contributed by atoms with Crippen molar-refractivity contribution in [3.05, 3.63) is 22.5 Å². The molecule has 1 saturated heterocycles. The number of carbonyl (C=O) groups excluding carboxylic acids is 3. The van der Waals surface area contributed by atoms with Crippen molar-refractivity contribution in [1.29, 1.82) is 0 Å². The van der Waals surface area contributed by atoms with Crippen molar-refractivity contribution in [2.75, 3.05) is 39.8 Å². The molecule has 24 heavy (non-hydrogen) atoms. The first-order chi connectivity index (χ1) is 11.4. The van der Waals surface area contributed by atoms with E-state index in [9.17, 15) is 14.4 Å². The minimum absolute atomic E-state index is 0.0488. The van der Waals surface area contributed by atoms with E-state index in [4.69, 9.17) is 4.74 Å². The standard InChI is InChI=1S/C17H25N3O4/c1-5-19-6-8-20(9-7-19)14(22)10-13-15(17(23)24-4)11(2)16(18-13)12(3)21/h18H,5-10H2,1-4H3. The Hall–Kier alpha value is -2.15. The first-order valence-corrected chi connectivity index (χ1v) is 8.19. The molecule has 0 atom stereocenters. The molecular weight excluding hydrogens is 310 g/mol. The van der Waals surface area contributed by atoms with E-state index in [2.05, 4.69) is 16.8 Å². The number of ketones is 1. The maximum absolute atomic E-state index is 12.6. The lowest BCUT2D eigenvalue weighted by atomic mass is 10.1. The van der Waals surface area contributed by atoms with Gasteiger partial charge in [-0.1, -0.05) is 6.92 Å². The largest absolute Gasteiger partial charge is 0.465 e. The second-order valence-electron chi connectivity index (χ2n) is 6.02. The van der Waals surface area contributed by atoms with Crippen molar-refractivity contribution < 1.29 is 19.1 Å². The molecule has 1 aliphatic heterocycles. The third kappa shape index (κ3) is 3.67. The van der Waals surface area contributed by atoms with Crippen molar-refractivity contribution >= 4 is 17.7 Å². The normalized spacial score (nSPS) is 15.4. The second kappa shape index (κ2) is 7.61. The summed E-state index contributed by atoms with van der Waals surface area (Å²) in [5, 5.41) is 0. The molecule has 0 bridgehead atoms. The number of nitrogens with zero attached hydrogens (tertiary/aromatic N) is 2. The van der Waals surface area contributed by atoms with Crippen LogP contribution in [0.2, 0.25) is 0 Å². The summed E-state index contributed by atoms with van der Waals surface area (Å²) in [5.74, 6) is -0.755. The smallest absolute Gasteiger partial charge is 0.339 e. The van der Waals surface area contributed by atoms with Crippen LogP contribution in [0, 0.1) is 6.92 Å². The topological polar surface area (TPSA) is 82.7 Å². The number of rotatable bonds is 5. The number of esters is 1. The lowest BCUT2D eigenvalue weighted by Gasteiger charge is -2.34. The maximum atomic E-state index is 12.6. The highest BCUT2D eigenvalue weighted by molar-refractivity contribution is 6.01. The van der Waals surface area contributed by atoms with E-state index >= 15 is 0 Å². The van der Waals surface area contributed by atoms with Crippen molar-refractivity contribution in [2.24, 2.45) is 0 Å². The summed E-state index contributed by atoms with van der Waals surface area (Å²) in [7, 11) is 1.29. The number of aromatic amines is 1. The summed E-state index contributed by atoms with van der Waals surface area (Å²) < 4.78 is 4.80. The number of hydrogen-bond acceptors (Lipinski definition) is 5. The Kier molecular flexibility index (Phi) is 5.77. The van der Waals surface area contributed by atoms with Crippen molar-refractivity contribution in [2.45, 2.75) is 27.2 Å². The zero-order valence-electron chi connectivity index (χ0n) is 14.8. The zero-order valence-corrected chi connectivity index (χ0v) is 14.8. The number of hydrogen-bond donors (Lipinski definition) is 1. The minimum Gasteiger partial charge on any atom is -0.465 e. The summed E-state index contributed by atoms with van der Waals surface area (Å²) in [6.07, 6.45) is 0.0602. The number of amides is 1. The highest BCUT2D eigenvalue weighted by Gasteiger charge is 2.27. The molecule has 0 saturated carbocycles. The quantitative estimate of drug-likeness (QED) is 0.642. The summed E-state index contributed by atoms with van der Waals surface area (Å²) >= 11 is 0. The van der Waals surface area contributed by atoms with Crippen LogP contribution < -0.4 is 0 Å². The van der Waals surface area contributed by atoms with Crippen LogP contribution in [0.5, 0.6) is 0 Å². The molecule has 7 heteroatoms. The second-order valence-corrected chi connectivity index (χ2v) is 6.02. The maximum Gasteiger partial charge on any atom is 0.339 e. The fourth-order valence-corrected chi connectivity index (χ4v) is 3.10. The van der Waals surface area contributed by atoms with Gasteiger partial charge < -0.3 is 19.5 Å². The van der Waals surface area contributed by atoms with Crippen molar-refractivity contribution in [3.63, 3.8) is 0 Å². The fourth-order valence-electron chi connectivity index (χ4n) is 3.10. The first-order valence-electron chi connectivity index (χ1n) is 8.19. The summed E-state index contributed by atoms with van der Waals surface area (Å²) in [6.45, 7) is 9.27. The fraction of sp³-hybridized carbons (Fsp3) is 0.588. The van der Waals surface area contributed by atoms with Gasteiger partial charge in [0.2, 0.25) is 5.91 Å². The van der Waals surface area contributed by atoms with Crippen molar-refractivity contribution in [3.8, 4) is 0 Å². The number of likely N-dealkylation sites (N-methyl/N-ethyl adjacent to an activating group) is 1. The number of H-pyrrole nitrogens is 1. The average Bonchev–Trinajstić information content (AvgIpc) is 2.90. The Morgan fingerprint density at radius 2 is 1.79 bits per heavy atom. The van der Waals surface area contributed by atoms with E-state index in [1.807, 2.05) is 0 Å². The zero-order chi connectivity index (χ0) is 17.9. The van der Waals surface area contributed by atoms with Gasteiger partial charge in [-0.3, -0.25) is 9.59 Å². The molecular formula is C17H25N3O4. The monoisotopic (exact) mass is 335 g/mol. The highest BCUT2D eigenvalue weighted by atomic mass is 16.5. The number of Topliss-reactive ketones (excluding diaryl/α,β-unsaturated/α-hetero) is 1. The molecule has 0 radical (unpaired) electrons. The van der Waals surface area contributed by atoms with E-state index in [-0.39, 0.29) is 18.1 Å². The molecule has 2 rings (SSSR count). The van der Waals surface area contributed by atoms with E-state index in [0.717, 1.165) is 19.6 Å². The molecule has 1 aliphatic rings. The summed E-state index contributed by atoms with van der Waals surface area (Å²) in [5.41, 5.74) is 1.64. The van der Waals surface area contributed by atoms with Gasteiger partial charge in [0.15, 0.2) is 5.78 Å². The molecule has 1 N–H and O–H groups in total. The molecule has 1 aromatic heterocycles. The third-order valence-corrected chi connectivity index (χ3v) is 4.57. The Balaban J connectivity index is 2.19. The predicted molar refractivity (Wildman–Crippen MR) is 89.3 cm³/mol. The van der Waals surface area contributed by atoms with Gasteiger partial charge >= 0.3 is 5.97 Å². The van der Waals surface area contributed by atoms with Crippen LogP contribution in [-0.2, 0) is 16.0 Å². The van der Waals surface area contributed by atoms with Crippen LogP contribution in [-0.4, -0.2) is 72.3 Å². The molecule has 0 spiro atoms. The molecule has 0 unspecified atom stereocenters. The van der Waals surface area contributed by atoms with Crippen LogP contribution in [0.3, 0.4) is 0 Å². The number of ether oxygens (including phenoxy) is 1. The first kappa shape index (κ1) is 18.2. The van der Waals surface area contributed by atoms with Gasteiger partial charge in [0, 0.05) is 38.8 Å². The molecule has 132 valence electrons. The van der Waals surface area contributed by atoms with Gasteiger partial charge in [-0.2, -0.15) is 0 Å². The lowest BCUT2D eigenvalue weighted by Crippen LogP contribution is -2.49. The van der Waals surface area contributed by atoms with E-state index in [1.54, 1.807) is 11.8 Å². The number of carbonyl (C=O) groups is 3. The van der Waals surface area contributed by atoms with Gasteiger partial charge in [0.25, 0.3) is 0 Å². The van der Waals surface area contributed by atoms with Gasteiger partial charge in [-0.05, 0) is 19.0 Å². The average molecular weight is 335 g/mol. The molecule has 1 amide bonds. The van der Waals surface area contributed by atoms with Gasteiger partial charge in [-0.25, -0.2) is 4.79 Å². The Bertz CT molecular complexity index is 643. The number of aromatic nitrogens is 1. The highest BCUT2D eigenvalue weighted by Crippen LogP contribution is 2.21. The SMILES string of the molecule is CCN1CCN(C(=O)Cc2[nH]c(C(C)=O)c(C)c2C(=O)OC)CC1. The molecule has 7 nitrogen and oxygen atoms in total. The van der Waals surface area contributed by atoms with E-state index in [1.165, 1.54) is 14.0 Å². The van der Waals surface area contributed by atoms with Crippen LogP contribution in [0.15, 0.2) is 0 Å². The minimum atomic E-state index is -0.533. The van der Waals surface area contributed by atoms with Gasteiger partial charge in [0.1, 0.15) is 0 Å². The van der Waals surface area contributed by atoms with Crippen LogP contribution in [0.1, 0.15) is 46.0 Å². The number of methoxy groups -OCH3 is 1. The van der Waals surface area contributed by atoms with Crippen LogP contribution >= 0.6 is 0 Å². The summed E-state index contributed by atoms with van der Waals surface area (Å²) in [4.78, 5) is 43.4. The Morgan fingerprint density at radius 3 is 2.29 bits per heavy atom. The number of piperazine rings is 1. The Labute approximate surface area is 141 Å². The Morgan fingerprint density at radius 1 is 1.17 bits per heavy atom. The molecule has 2 heterocycles. The van der Waals surface area contributed by atoms with E-state index < -0.39 is 5.97 Å². The van der Waals surface area contributed by atoms with Crippen LogP contribution in [0.25, 0.3) is 0 Å². The third-order valence-electron chi connectivity index (χ3n) is 4.57. The molecule has 0 aromatic carbocycles. The molecule has 1 aromatic rings. The van der Waals surface area contributed by atoms with Gasteiger partial charge in [-0.15, -0.1) is 0 Å². The van der Waals surface area contributed by atoms with Gasteiger partial charge in [0.05, 0.1) is 24.8 Å². The summed E-state index contributed by atoms with van der Waals surface area (Å²) in [6, 6.07) is 0.